The number of nitrogen functional groups attached to an aromatic ring is 1. The van der Waals surface area contributed by atoms with Gasteiger partial charge in [0.15, 0.2) is 11.5 Å². The van der Waals surface area contributed by atoms with Crippen LogP contribution in [0.25, 0.3) is 11.2 Å². The van der Waals surface area contributed by atoms with Crippen molar-refractivity contribution in [2.24, 2.45) is 5.92 Å². The molecule has 10 heteroatoms. The minimum atomic E-state index is -0.668. The van der Waals surface area contributed by atoms with E-state index in [-0.39, 0.29) is 23.4 Å². The number of nitrogens with zero attached hydrogens (tertiary/aromatic N) is 4. The van der Waals surface area contributed by atoms with E-state index in [0.717, 1.165) is 71.0 Å². The number of unbranched alkanes of at least 4 members (excludes halogenated alkanes) is 4. The number of piperidine rings is 1. The Morgan fingerprint density at radius 2 is 1.87 bits per heavy atom. The predicted molar refractivity (Wildman–Crippen MR) is 118 cm³/mol. The summed E-state index contributed by atoms with van der Waals surface area (Å²) < 4.78 is 7.17. The molecule has 0 aliphatic carbocycles. The highest BCUT2D eigenvalue weighted by molar-refractivity contribution is 5.81. The van der Waals surface area contributed by atoms with E-state index < -0.39 is 5.97 Å². The molecule has 4 N–H and O–H groups in total. The lowest BCUT2D eigenvalue weighted by Gasteiger charge is -2.29. The van der Waals surface area contributed by atoms with Crippen LogP contribution in [0, 0.1) is 5.92 Å². The molecule has 0 radical (unpaired) electrons. The molecule has 1 saturated heterocycles. The predicted octanol–water partition coefficient (Wildman–Crippen LogP) is 2.24. The first-order valence-corrected chi connectivity index (χ1v) is 11.3. The van der Waals surface area contributed by atoms with Crippen LogP contribution in [0.15, 0.2) is 4.79 Å². The number of carboxylic acids is 1. The highest BCUT2D eigenvalue weighted by atomic mass is 16.5. The van der Waals surface area contributed by atoms with Gasteiger partial charge in [0.05, 0.1) is 12.5 Å². The normalized spacial score (nSPS) is 15.5. The van der Waals surface area contributed by atoms with Crippen molar-refractivity contribution in [1.82, 2.24) is 24.4 Å². The summed E-state index contributed by atoms with van der Waals surface area (Å²) >= 11 is 0. The van der Waals surface area contributed by atoms with Gasteiger partial charge in [-0.3, -0.25) is 9.36 Å². The van der Waals surface area contributed by atoms with Crippen LogP contribution in [0.2, 0.25) is 0 Å². The van der Waals surface area contributed by atoms with E-state index in [9.17, 15) is 9.59 Å². The first kappa shape index (κ1) is 23.1. The molecule has 1 fully saturated rings. The van der Waals surface area contributed by atoms with Gasteiger partial charge >= 0.3 is 17.7 Å². The molecule has 0 spiro atoms. The molecular formula is C21H34N6O4. The Morgan fingerprint density at radius 1 is 1.16 bits per heavy atom. The Hall–Kier alpha value is -2.62. The Labute approximate surface area is 181 Å². The minimum absolute atomic E-state index is 0.179. The summed E-state index contributed by atoms with van der Waals surface area (Å²) in [6.45, 7) is 5.89. The molecule has 0 atom stereocenters. The van der Waals surface area contributed by atoms with Crippen LogP contribution in [-0.2, 0) is 11.3 Å². The van der Waals surface area contributed by atoms with Crippen LogP contribution in [0.5, 0.6) is 6.01 Å². The lowest BCUT2D eigenvalue weighted by molar-refractivity contribution is -0.143. The number of nitrogens with one attached hydrogen (secondary N) is 1. The van der Waals surface area contributed by atoms with Crippen molar-refractivity contribution in [1.29, 1.82) is 0 Å². The third kappa shape index (κ3) is 6.19. The van der Waals surface area contributed by atoms with Crippen LogP contribution < -0.4 is 16.2 Å². The average Bonchev–Trinajstić information content (AvgIpc) is 3.07. The van der Waals surface area contributed by atoms with Gasteiger partial charge in [0.1, 0.15) is 5.52 Å². The van der Waals surface area contributed by atoms with E-state index in [4.69, 9.17) is 15.6 Å². The third-order valence-corrected chi connectivity index (χ3v) is 5.90. The first-order chi connectivity index (χ1) is 15.0. The topological polar surface area (TPSA) is 139 Å². The molecule has 0 unspecified atom stereocenters. The van der Waals surface area contributed by atoms with Crippen LogP contribution in [0.4, 0.5) is 5.82 Å². The lowest BCUT2D eigenvalue weighted by atomic mass is 9.97. The number of anilines is 1. The average molecular weight is 435 g/mol. The third-order valence-electron chi connectivity index (χ3n) is 5.90. The van der Waals surface area contributed by atoms with Crippen molar-refractivity contribution >= 4 is 23.0 Å². The molecule has 0 aromatic carbocycles. The number of carbonyl (C=O) groups is 1. The van der Waals surface area contributed by atoms with Gasteiger partial charge in [-0.05, 0) is 51.7 Å². The standard InChI is InChI=1S/C21H34N6O4/c1-2-3-14-31-20-24-17(22)16-18(25-20)27(21(30)23-16)11-7-5-4-6-10-26-12-8-15(9-13-26)19(28)29/h15H,2-14H2,1H3,(H,23,30)(H,28,29)(H2,22,24,25). The number of imidazole rings is 1. The Balaban J connectivity index is 1.45. The number of aryl methyl sites for hydroxylation is 1. The monoisotopic (exact) mass is 434 g/mol. The van der Waals surface area contributed by atoms with Gasteiger partial charge in [0.2, 0.25) is 0 Å². The molecular weight excluding hydrogens is 400 g/mol. The summed E-state index contributed by atoms with van der Waals surface area (Å²) in [5.41, 5.74) is 6.70. The molecule has 2 aromatic heterocycles. The van der Waals surface area contributed by atoms with Crippen molar-refractivity contribution in [3.05, 3.63) is 10.5 Å². The summed E-state index contributed by atoms with van der Waals surface area (Å²) in [5.74, 6) is -0.626. The number of H-pyrrole nitrogens is 1. The molecule has 0 bridgehead atoms. The number of aliphatic carboxylic acids is 1. The van der Waals surface area contributed by atoms with Crippen LogP contribution >= 0.6 is 0 Å². The number of nitrogens with two attached hydrogens (primary N) is 1. The minimum Gasteiger partial charge on any atom is -0.481 e. The second-order valence-electron chi connectivity index (χ2n) is 8.24. The zero-order valence-electron chi connectivity index (χ0n) is 18.3. The molecule has 2 aromatic rings. The number of fused-ring (bicyclic) bond motifs is 1. The van der Waals surface area contributed by atoms with Gasteiger partial charge in [0.25, 0.3) is 0 Å². The fraction of sp³-hybridized carbons (Fsp3) is 0.714. The number of hydrogen-bond acceptors (Lipinski definition) is 7. The molecule has 0 saturated carbocycles. The first-order valence-electron chi connectivity index (χ1n) is 11.3. The second kappa shape index (κ2) is 11.1. The van der Waals surface area contributed by atoms with Gasteiger partial charge in [-0.15, -0.1) is 0 Å². The molecule has 0 amide bonds. The zero-order valence-corrected chi connectivity index (χ0v) is 18.3. The Morgan fingerprint density at radius 3 is 2.55 bits per heavy atom. The lowest BCUT2D eigenvalue weighted by Crippen LogP contribution is -2.36. The van der Waals surface area contributed by atoms with Gasteiger partial charge in [-0.25, -0.2) is 4.79 Å². The molecule has 10 nitrogen and oxygen atoms in total. The van der Waals surface area contributed by atoms with Crippen LogP contribution in [-0.4, -0.2) is 61.7 Å². The van der Waals surface area contributed by atoms with Crippen LogP contribution in [0.1, 0.15) is 58.3 Å². The largest absolute Gasteiger partial charge is 0.481 e. The second-order valence-corrected chi connectivity index (χ2v) is 8.24. The fourth-order valence-electron chi connectivity index (χ4n) is 3.97. The van der Waals surface area contributed by atoms with E-state index in [1.165, 1.54) is 0 Å². The molecule has 3 rings (SSSR count). The number of ether oxygens (including phenoxy) is 1. The number of aromatic amines is 1. The summed E-state index contributed by atoms with van der Waals surface area (Å²) in [6, 6.07) is 0.206. The SMILES string of the molecule is CCCCOc1nc(N)c2[nH]c(=O)n(CCCCCCN3CCC(C(=O)O)CC3)c2n1. The summed E-state index contributed by atoms with van der Waals surface area (Å²) in [7, 11) is 0. The zero-order chi connectivity index (χ0) is 22.2. The van der Waals surface area contributed by atoms with Gasteiger partial charge in [-0.1, -0.05) is 26.2 Å². The quantitative estimate of drug-likeness (QED) is 0.432. The maximum absolute atomic E-state index is 12.4. The van der Waals surface area contributed by atoms with Crippen molar-refractivity contribution < 1.29 is 14.6 Å². The molecule has 31 heavy (non-hydrogen) atoms. The molecule has 1 aliphatic rings. The number of rotatable bonds is 12. The molecule has 1 aliphatic heterocycles. The van der Waals surface area contributed by atoms with Crippen LogP contribution in [0.3, 0.4) is 0 Å². The Bertz CT molecular complexity index is 916. The Kier molecular flexibility index (Phi) is 8.27. The fourth-order valence-corrected chi connectivity index (χ4v) is 3.97. The summed E-state index contributed by atoms with van der Waals surface area (Å²) in [4.78, 5) is 37.0. The number of hydrogen-bond donors (Lipinski definition) is 3. The van der Waals surface area contributed by atoms with Crippen molar-refractivity contribution in [3.8, 4) is 6.01 Å². The maximum Gasteiger partial charge on any atom is 0.327 e. The maximum atomic E-state index is 12.4. The molecule has 3 heterocycles. The number of carboxylic acid groups (broad SMARTS) is 1. The van der Waals surface area contributed by atoms with Crippen molar-refractivity contribution in [3.63, 3.8) is 0 Å². The molecule has 172 valence electrons. The van der Waals surface area contributed by atoms with E-state index in [1.807, 2.05) is 0 Å². The summed E-state index contributed by atoms with van der Waals surface area (Å²) in [6.07, 6.45) is 7.41. The summed E-state index contributed by atoms with van der Waals surface area (Å²) in [5, 5.41) is 9.07. The van der Waals surface area contributed by atoms with E-state index >= 15 is 0 Å². The number of likely N-dealkylation sites (tertiary alicyclic amines) is 1. The van der Waals surface area contributed by atoms with E-state index in [1.54, 1.807) is 4.57 Å². The van der Waals surface area contributed by atoms with Crippen molar-refractivity contribution in [2.45, 2.75) is 64.8 Å². The van der Waals surface area contributed by atoms with Gasteiger partial charge in [0, 0.05) is 6.54 Å². The van der Waals surface area contributed by atoms with E-state index in [0.29, 0.717) is 24.3 Å². The van der Waals surface area contributed by atoms with Gasteiger partial charge < -0.3 is 25.5 Å². The smallest absolute Gasteiger partial charge is 0.327 e. The van der Waals surface area contributed by atoms with Gasteiger partial charge in [-0.2, -0.15) is 9.97 Å². The van der Waals surface area contributed by atoms with E-state index in [2.05, 4.69) is 26.8 Å². The highest BCUT2D eigenvalue weighted by Crippen LogP contribution is 2.19. The number of aromatic nitrogens is 4. The highest BCUT2D eigenvalue weighted by Gasteiger charge is 2.23. The van der Waals surface area contributed by atoms with Crippen molar-refractivity contribution in [2.75, 3.05) is 32.0 Å².